The van der Waals surface area contributed by atoms with Crippen molar-refractivity contribution in [3.8, 4) is 0 Å². The first-order valence-electron chi connectivity index (χ1n) is 5.85. The summed E-state index contributed by atoms with van der Waals surface area (Å²) in [6, 6.07) is 4.18. The second-order valence-electron chi connectivity index (χ2n) is 5.00. The van der Waals surface area contributed by atoms with Gasteiger partial charge >= 0.3 is 0 Å². The number of nitrogens with one attached hydrogen (secondary N) is 1. The lowest BCUT2D eigenvalue weighted by molar-refractivity contribution is -0.153. The number of benzene rings is 1. The summed E-state index contributed by atoms with van der Waals surface area (Å²) in [6.45, 7) is 3.36. The third-order valence-corrected chi connectivity index (χ3v) is 3.34. The van der Waals surface area contributed by atoms with Crippen LogP contribution in [0.15, 0.2) is 18.2 Å². The fraction of sp³-hybridized carbons (Fsp3) is 0.385. The van der Waals surface area contributed by atoms with Gasteiger partial charge in [0.25, 0.3) is 0 Å². The van der Waals surface area contributed by atoms with E-state index < -0.39 is 11.4 Å². The van der Waals surface area contributed by atoms with E-state index in [9.17, 15) is 14.0 Å². The zero-order valence-corrected chi connectivity index (χ0v) is 11.4. The SMILES string of the molecule is CC1(C)NCC(=O)N(Cc2ccc(Cl)cc2F)C1=O. The molecule has 102 valence electrons. The first kappa shape index (κ1) is 14.0. The van der Waals surface area contributed by atoms with Gasteiger partial charge in [-0.05, 0) is 26.0 Å². The molecule has 1 saturated heterocycles. The van der Waals surface area contributed by atoms with Crippen LogP contribution in [0.25, 0.3) is 0 Å². The molecule has 1 aliphatic heterocycles. The van der Waals surface area contributed by atoms with Gasteiger partial charge in [0, 0.05) is 10.6 Å². The minimum atomic E-state index is -0.823. The van der Waals surface area contributed by atoms with E-state index >= 15 is 0 Å². The fourth-order valence-electron chi connectivity index (χ4n) is 1.90. The number of hydrogen-bond acceptors (Lipinski definition) is 3. The van der Waals surface area contributed by atoms with Gasteiger partial charge in [0.15, 0.2) is 0 Å². The number of carbonyl (C=O) groups excluding carboxylic acids is 2. The summed E-state index contributed by atoms with van der Waals surface area (Å²) in [7, 11) is 0. The van der Waals surface area contributed by atoms with Crippen LogP contribution in [-0.4, -0.2) is 28.8 Å². The van der Waals surface area contributed by atoms with Crippen LogP contribution in [0.4, 0.5) is 4.39 Å². The summed E-state index contributed by atoms with van der Waals surface area (Å²) < 4.78 is 13.7. The first-order valence-corrected chi connectivity index (χ1v) is 6.23. The molecule has 0 aliphatic carbocycles. The molecule has 1 N–H and O–H groups in total. The summed E-state index contributed by atoms with van der Waals surface area (Å²) in [6.07, 6.45) is 0. The Morgan fingerprint density at radius 2 is 2.11 bits per heavy atom. The summed E-state index contributed by atoms with van der Waals surface area (Å²) in [5.74, 6) is -1.25. The zero-order valence-electron chi connectivity index (χ0n) is 10.7. The third kappa shape index (κ3) is 2.77. The minimum Gasteiger partial charge on any atom is -0.295 e. The van der Waals surface area contributed by atoms with E-state index in [1.807, 2.05) is 0 Å². The zero-order chi connectivity index (χ0) is 14.2. The van der Waals surface area contributed by atoms with Crippen LogP contribution in [0.5, 0.6) is 0 Å². The molecule has 0 spiro atoms. The predicted octanol–water partition coefficient (Wildman–Crippen LogP) is 1.72. The van der Waals surface area contributed by atoms with Crippen molar-refractivity contribution in [3.05, 3.63) is 34.6 Å². The molecule has 0 bridgehead atoms. The van der Waals surface area contributed by atoms with Crippen molar-refractivity contribution in [2.45, 2.75) is 25.9 Å². The standard InChI is InChI=1S/C13H14ClFN2O2/c1-13(2)12(19)17(11(18)6-16-13)7-8-3-4-9(14)5-10(8)15/h3-5,16H,6-7H2,1-2H3. The molecular formula is C13H14ClFN2O2. The van der Waals surface area contributed by atoms with Crippen LogP contribution in [0, 0.1) is 5.82 Å². The van der Waals surface area contributed by atoms with Crippen molar-refractivity contribution in [2.75, 3.05) is 6.54 Å². The molecule has 6 heteroatoms. The van der Waals surface area contributed by atoms with E-state index in [0.29, 0.717) is 0 Å². The summed E-state index contributed by atoms with van der Waals surface area (Å²) in [4.78, 5) is 25.0. The van der Waals surface area contributed by atoms with Crippen LogP contribution < -0.4 is 5.32 Å². The van der Waals surface area contributed by atoms with Gasteiger partial charge in [0.05, 0.1) is 18.6 Å². The number of amides is 2. The van der Waals surface area contributed by atoms with Gasteiger partial charge in [0.2, 0.25) is 11.8 Å². The first-order chi connectivity index (χ1) is 8.81. The maximum atomic E-state index is 13.7. The van der Waals surface area contributed by atoms with Gasteiger partial charge < -0.3 is 0 Å². The molecule has 2 amide bonds. The highest BCUT2D eigenvalue weighted by Gasteiger charge is 2.39. The normalized spacial score (nSPS) is 18.8. The Balaban J connectivity index is 2.25. The monoisotopic (exact) mass is 284 g/mol. The number of carbonyl (C=O) groups is 2. The number of rotatable bonds is 2. The smallest absolute Gasteiger partial charge is 0.249 e. The topological polar surface area (TPSA) is 49.4 Å². The molecule has 1 heterocycles. The number of piperazine rings is 1. The van der Waals surface area contributed by atoms with Crippen LogP contribution in [-0.2, 0) is 16.1 Å². The van der Waals surface area contributed by atoms with Crippen molar-refractivity contribution in [2.24, 2.45) is 0 Å². The average molecular weight is 285 g/mol. The van der Waals surface area contributed by atoms with E-state index in [4.69, 9.17) is 11.6 Å². The highest BCUT2D eigenvalue weighted by molar-refractivity contribution is 6.30. The van der Waals surface area contributed by atoms with Gasteiger partial charge in [-0.1, -0.05) is 17.7 Å². The van der Waals surface area contributed by atoms with Crippen molar-refractivity contribution in [1.29, 1.82) is 0 Å². The highest BCUT2D eigenvalue weighted by Crippen LogP contribution is 2.20. The summed E-state index contributed by atoms with van der Waals surface area (Å²) >= 11 is 5.66. The molecule has 1 aromatic rings. The molecule has 0 atom stereocenters. The summed E-state index contributed by atoms with van der Waals surface area (Å²) in [5, 5.41) is 3.12. The van der Waals surface area contributed by atoms with Crippen molar-refractivity contribution >= 4 is 23.4 Å². The molecule has 1 aromatic carbocycles. The number of nitrogens with zero attached hydrogens (tertiary/aromatic N) is 1. The Morgan fingerprint density at radius 3 is 2.74 bits per heavy atom. The molecule has 0 aromatic heterocycles. The van der Waals surface area contributed by atoms with Crippen LogP contribution >= 0.6 is 11.6 Å². The summed E-state index contributed by atoms with van der Waals surface area (Å²) in [5.41, 5.74) is -0.555. The van der Waals surface area contributed by atoms with Gasteiger partial charge in [-0.2, -0.15) is 0 Å². The molecule has 0 saturated carbocycles. The van der Waals surface area contributed by atoms with Gasteiger partial charge in [-0.15, -0.1) is 0 Å². The number of halogens is 2. The van der Waals surface area contributed by atoms with Crippen molar-refractivity contribution in [3.63, 3.8) is 0 Å². The van der Waals surface area contributed by atoms with E-state index in [-0.39, 0.29) is 35.5 Å². The van der Waals surface area contributed by atoms with Gasteiger partial charge in [-0.3, -0.25) is 19.8 Å². The number of hydrogen-bond donors (Lipinski definition) is 1. The second-order valence-corrected chi connectivity index (χ2v) is 5.44. The van der Waals surface area contributed by atoms with Crippen molar-refractivity contribution in [1.82, 2.24) is 10.2 Å². The Kier molecular flexibility index (Phi) is 3.60. The highest BCUT2D eigenvalue weighted by atomic mass is 35.5. The van der Waals surface area contributed by atoms with Crippen LogP contribution in [0.3, 0.4) is 0 Å². The maximum absolute atomic E-state index is 13.7. The quantitative estimate of drug-likeness (QED) is 0.841. The Labute approximate surface area is 115 Å². The number of imide groups is 1. The lowest BCUT2D eigenvalue weighted by atomic mass is 10.00. The van der Waals surface area contributed by atoms with Gasteiger partial charge in [0.1, 0.15) is 5.82 Å². The second kappa shape index (κ2) is 4.90. The van der Waals surface area contributed by atoms with Crippen LogP contribution in [0.1, 0.15) is 19.4 Å². The Bertz CT molecular complexity index is 545. The molecule has 19 heavy (non-hydrogen) atoms. The lowest BCUT2D eigenvalue weighted by Crippen LogP contribution is -2.63. The molecule has 1 fully saturated rings. The van der Waals surface area contributed by atoms with E-state index in [1.54, 1.807) is 13.8 Å². The van der Waals surface area contributed by atoms with E-state index in [1.165, 1.54) is 18.2 Å². The Hall–Kier alpha value is -1.46. The van der Waals surface area contributed by atoms with Crippen LogP contribution in [0.2, 0.25) is 5.02 Å². The maximum Gasteiger partial charge on any atom is 0.249 e. The molecule has 0 unspecified atom stereocenters. The molecular weight excluding hydrogens is 271 g/mol. The van der Waals surface area contributed by atoms with E-state index in [2.05, 4.69) is 5.32 Å². The third-order valence-electron chi connectivity index (χ3n) is 3.11. The van der Waals surface area contributed by atoms with Gasteiger partial charge in [-0.25, -0.2) is 4.39 Å². The fourth-order valence-corrected chi connectivity index (χ4v) is 2.06. The van der Waals surface area contributed by atoms with E-state index in [0.717, 1.165) is 4.90 Å². The molecule has 0 radical (unpaired) electrons. The van der Waals surface area contributed by atoms with Crippen molar-refractivity contribution < 1.29 is 14.0 Å². The molecule has 2 rings (SSSR count). The largest absolute Gasteiger partial charge is 0.295 e. The Morgan fingerprint density at radius 1 is 1.42 bits per heavy atom. The lowest BCUT2D eigenvalue weighted by Gasteiger charge is -2.36. The molecule has 1 aliphatic rings. The minimum absolute atomic E-state index is 0.0634. The molecule has 4 nitrogen and oxygen atoms in total. The predicted molar refractivity (Wildman–Crippen MR) is 69.0 cm³/mol. The average Bonchev–Trinajstić information content (AvgIpc) is 2.33.